The molecule has 0 aliphatic heterocycles. The number of nitrogens with two attached hydrogens (primary N) is 2. The summed E-state index contributed by atoms with van der Waals surface area (Å²) < 4.78 is 0. The molecule has 14 heavy (non-hydrogen) atoms. The van der Waals surface area contributed by atoms with Gasteiger partial charge in [-0.1, -0.05) is 12.1 Å². The molecule has 1 unspecified atom stereocenters. The number of anilines is 1. The molecule has 0 aliphatic carbocycles. The second-order valence-corrected chi connectivity index (χ2v) is 3.78. The Hall–Kier alpha value is -1.06. The first-order chi connectivity index (χ1) is 6.45. The molecule has 0 saturated carbocycles. The lowest BCUT2D eigenvalue weighted by Gasteiger charge is -2.19. The van der Waals surface area contributed by atoms with Crippen LogP contribution in [0, 0.1) is 13.8 Å². The average molecular weight is 194 g/mol. The van der Waals surface area contributed by atoms with Crippen molar-refractivity contribution in [3.8, 4) is 0 Å². The van der Waals surface area contributed by atoms with Crippen molar-refractivity contribution in [2.24, 2.45) is 5.73 Å². The van der Waals surface area contributed by atoms with E-state index < -0.39 is 12.1 Å². The van der Waals surface area contributed by atoms with Gasteiger partial charge in [0.2, 0.25) is 0 Å². The lowest BCUT2D eigenvalue weighted by Crippen LogP contribution is -2.24. The van der Waals surface area contributed by atoms with Gasteiger partial charge in [-0.05, 0) is 37.5 Å². The Morgan fingerprint density at radius 1 is 1.29 bits per heavy atom. The van der Waals surface area contributed by atoms with Crippen molar-refractivity contribution < 1.29 is 5.11 Å². The van der Waals surface area contributed by atoms with E-state index in [1.54, 1.807) is 6.92 Å². The monoisotopic (exact) mass is 194 g/mol. The highest BCUT2D eigenvalue weighted by molar-refractivity contribution is 5.57. The van der Waals surface area contributed by atoms with Crippen molar-refractivity contribution in [1.82, 2.24) is 0 Å². The molecule has 0 fully saturated rings. The molecule has 1 aromatic carbocycles. The lowest BCUT2D eigenvalue weighted by molar-refractivity contribution is 0.164. The van der Waals surface area contributed by atoms with Crippen LogP contribution in [0.3, 0.4) is 0 Å². The largest absolute Gasteiger partial charge is 0.398 e. The fraction of sp³-hybridized carbons (Fsp3) is 0.455. The fourth-order valence-electron chi connectivity index (χ4n) is 1.41. The van der Waals surface area contributed by atoms with E-state index in [4.69, 9.17) is 11.5 Å². The number of hydrogen-bond acceptors (Lipinski definition) is 3. The van der Waals surface area contributed by atoms with Gasteiger partial charge in [-0.25, -0.2) is 0 Å². The Morgan fingerprint density at radius 3 is 2.36 bits per heavy atom. The number of rotatable bonds is 2. The van der Waals surface area contributed by atoms with E-state index >= 15 is 0 Å². The van der Waals surface area contributed by atoms with Crippen LogP contribution in [0.2, 0.25) is 0 Å². The predicted molar refractivity (Wildman–Crippen MR) is 58.9 cm³/mol. The normalized spacial score (nSPS) is 15.2. The molecule has 3 heteroatoms. The van der Waals surface area contributed by atoms with Crippen LogP contribution in [0.1, 0.15) is 29.7 Å². The highest BCUT2D eigenvalue weighted by Gasteiger charge is 2.16. The molecule has 0 heterocycles. The highest BCUT2D eigenvalue weighted by atomic mass is 16.3. The maximum absolute atomic E-state index is 9.38. The van der Waals surface area contributed by atoms with E-state index in [1.807, 2.05) is 26.0 Å². The van der Waals surface area contributed by atoms with Crippen LogP contribution >= 0.6 is 0 Å². The van der Waals surface area contributed by atoms with Crippen LogP contribution < -0.4 is 11.5 Å². The molecular weight excluding hydrogens is 176 g/mol. The first-order valence-electron chi connectivity index (χ1n) is 4.74. The van der Waals surface area contributed by atoms with Crippen molar-refractivity contribution in [3.05, 3.63) is 28.8 Å². The summed E-state index contributed by atoms with van der Waals surface area (Å²) in [6, 6.07) is 3.45. The number of nitrogen functional groups attached to an aromatic ring is 1. The zero-order valence-electron chi connectivity index (χ0n) is 8.91. The molecule has 0 aromatic heterocycles. The first-order valence-corrected chi connectivity index (χ1v) is 4.74. The molecule has 0 amide bonds. The molecule has 0 aliphatic rings. The predicted octanol–water partition coefficient (Wildman–Crippen LogP) is 1.27. The Bertz CT molecular complexity index is 334. The van der Waals surface area contributed by atoms with Gasteiger partial charge in [0.15, 0.2) is 0 Å². The van der Waals surface area contributed by atoms with Crippen LogP contribution in [0.25, 0.3) is 0 Å². The molecule has 2 atom stereocenters. The van der Waals surface area contributed by atoms with E-state index in [2.05, 4.69) is 0 Å². The Kier molecular flexibility index (Phi) is 3.13. The average Bonchev–Trinajstić information content (AvgIpc) is 2.13. The van der Waals surface area contributed by atoms with Crippen LogP contribution in [0.15, 0.2) is 12.1 Å². The summed E-state index contributed by atoms with van der Waals surface area (Å²) in [6.07, 6.45) is -0.584. The van der Waals surface area contributed by atoms with Crippen LogP contribution in [0.4, 0.5) is 5.69 Å². The maximum Gasteiger partial charge on any atom is 0.0705 e. The molecule has 0 bridgehead atoms. The maximum atomic E-state index is 9.38. The summed E-state index contributed by atoms with van der Waals surface area (Å²) in [5.41, 5.74) is 15.5. The molecule has 1 aromatic rings. The Labute approximate surface area is 84.7 Å². The Balaban J connectivity index is 3.17. The summed E-state index contributed by atoms with van der Waals surface area (Å²) in [4.78, 5) is 0. The SMILES string of the molecule is Cc1ccc([C@@H](N)C(C)O)c(N)c1C. The lowest BCUT2D eigenvalue weighted by atomic mass is 9.96. The summed E-state index contributed by atoms with van der Waals surface area (Å²) >= 11 is 0. The van der Waals surface area contributed by atoms with Gasteiger partial charge in [0.25, 0.3) is 0 Å². The van der Waals surface area contributed by atoms with Crippen molar-refractivity contribution in [2.75, 3.05) is 5.73 Å². The number of benzene rings is 1. The number of aliphatic hydroxyl groups excluding tert-OH is 1. The first kappa shape index (κ1) is 11.0. The van der Waals surface area contributed by atoms with Crippen LogP contribution in [0.5, 0.6) is 0 Å². The van der Waals surface area contributed by atoms with Crippen molar-refractivity contribution >= 4 is 5.69 Å². The van der Waals surface area contributed by atoms with Gasteiger partial charge >= 0.3 is 0 Å². The van der Waals surface area contributed by atoms with E-state index in [1.165, 1.54) is 0 Å². The van der Waals surface area contributed by atoms with Gasteiger partial charge in [-0.2, -0.15) is 0 Å². The smallest absolute Gasteiger partial charge is 0.0705 e. The van der Waals surface area contributed by atoms with Crippen LogP contribution in [-0.2, 0) is 0 Å². The summed E-state index contributed by atoms with van der Waals surface area (Å²) in [5, 5.41) is 9.38. The van der Waals surface area contributed by atoms with Crippen molar-refractivity contribution in [3.63, 3.8) is 0 Å². The quantitative estimate of drug-likeness (QED) is 0.621. The molecular formula is C11H18N2O. The van der Waals surface area contributed by atoms with E-state index in [0.29, 0.717) is 5.69 Å². The van der Waals surface area contributed by atoms with Gasteiger partial charge in [0.1, 0.15) is 0 Å². The topological polar surface area (TPSA) is 72.3 Å². The van der Waals surface area contributed by atoms with Gasteiger partial charge in [-0.15, -0.1) is 0 Å². The van der Waals surface area contributed by atoms with Gasteiger partial charge in [-0.3, -0.25) is 0 Å². The molecule has 0 radical (unpaired) electrons. The summed E-state index contributed by atoms with van der Waals surface area (Å²) in [6.45, 7) is 5.63. The standard InChI is InChI=1S/C11H18N2O/c1-6-4-5-9(10(12)7(6)2)11(13)8(3)14/h4-5,8,11,14H,12-13H2,1-3H3/t8?,11-/m0/s1. The molecule has 0 saturated heterocycles. The number of aryl methyl sites for hydroxylation is 1. The summed E-state index contributed by atoms with van der Waals surface area (Å²) in [5.74, 6) is 0. The van der Waals surface area contributed by atoms with Gasteiger partial charge in [0, 0.05) is 5.69 Å². The number of hydrogen-bond donors (Lipinski definition) is 3. The third kappa shape index (κ3) is 1.89. The third-order valence-electron chi connectivity index (χ3n) is 2.70. The fourth-order valence-corrected chi connectivity index (χ4v) is 1.41. The molecule has 0 spiro atoms. The Morgan fingerprint density at radius 2 is 1.86 bits per heavy atom. The second-order valence-electron chi connectivity index (χ2n) is 3.78. The minimum atomic E-state index is -0.584. The molecule has 5 N–H and O–H groups in total. The van der Waals surface area contributed by atoms with Gasteiger partial charge in [0.05, 0.1) is 12.1 Å². The summed E-state index contributed by atoms with van der Waals surface area (Å²) in [7, 11) is 0. The van der Waals surface area contributed by atoms with Crippen molar-refractivity contribution in [1.29, 1.82) is 0 Å². The minimum Gasteiger partial charge on any atom is -0.398 e. The molecule has 1 rings (SSSR count). The van der Waals surface area contributed by atoms with E-state index in [9.17, 15) is 5.11 Å². The second kappa shape index (κ2) is 3.98. The molecule has 78 valence electrons. The molecule has 3 nitrogen and oxygen atoms in total. The highest BCUT2D eigenvalue weighted by Crippen LogP contribution is 2.26. The van der Waals surface area contributed by atoms with Crippen molar-refractivity contribution in [2.45, 2.75) is 32.9 Å². The van der Waals surface area contributed by atoms with E-state index in [-0.39, 0.29) is 0 Å². The number of aliphatic hydroxyl groups is 1. The van der Waals surface area contributed by atoms with E-state index in [0.717, 1.165) is 16.7 Å². The zero-order chi connectivity index (χ0) is 10.9. The zero-order valence-corrected chi connectivity index (χ0v) is 8.91. The minimum absolute atomic E-state index is 0.408. The van der Waals surface area contributed by atoms with Crippen LogP contribution in [-0.4, -0.2) is 11.2 Å². The third-order valence-corrected chi connectivity index (χ3v) is 2.70. The van der Waals surface area contributed by atoms with Gasteiger partial charge < -0.3 is 16.6 Å².